The molecular weight excluding hydrogens is 302 g/mol. The fraction of sp³-hybridized carbons (Fsp3) is 0.500. The van der Waals surface area contributed by atoms with Crippen molar-refractivity contribution in [1.82, 2.24) is 5.32 Å². The van der Waals surface area contributed by atoms with E-state index in [9.17, 15) is 9.59 Å². The molecule has 1 rings (SSSR count). The number of rotatable bonds is 4. The van der Waals surface area contributed by atoms with E-state index in [-0.39, 0.29) is 35.7 Å². The number of carbonyl (C=O) groups excluding carboxylic acids is 2. The monoisotopic (exact) mass is 327 g/mol. The molecule has 0 radical (unpaired) electrons. The standard InChI is InChI=1S/C16H25N3O2.ClH/c1-10(18-15(21)14(17)16(3,4)5)12-7-6-8-13(9-12)19-11(2)20;/h6-10,14H,17H2,1-5H3,(H,18,21)(H,19,20);1H/t10?,14-;/m1./s1. The number of amides is 2. The van der Waals surface area contributed by atoms with Gasteiger partial charge in [-0.3, -0.25) is 9.59 Å². The number of carbonyl (C=O) groups is 2. The molecule has 0 aliphatic rings. The molecule has 22 heavy (non-hydrogen) atoms. The Bertz CT molecular complexity index is 526. The molecular formula is C16H26ClN3O2. The van der Waals surface area contributed by atoms with E-state index in [4.69, 9.17) is 5.73 Å². The van der Waals surface area contributed by atoms with Crippen LogP contribution in [-0.4, -0.2) is 17.9 Å². The van der Waals surface area contributed by atoms with Gasteiger partial charge >= 0.3 is 0 Å². The highest BCUT2D eigenvalue weighted by atomic mass is 35.5. The summed E-state index contributed by atoms with van der Waals surface area (Å²) in [6, 6.07) is 6.64. The quantitative estimate of drug-likeness (QED) is 0.794. The molecule has 1 aromatic rings. The maximum atomic E-state index is 12.1. The molecule has 1 unspecified atom stereocenters. The van der Waals surface area contributed by atoms with Crippen molar-refractivity contribution in [3.63, 3.8) is 0 Å². The Hall–Kier alpha value is -1.59. The van der Waals surface area contributed by atoms with Gasteiger partial charge in [-0.05, 0) is 30.0 Å². The third kappa shape index (κ3) is 6.03. The first-order valence-corrected chi connectivity index (χ1v) is 7.04. The van der Waals surface area contributed by atoms with Crippen molar-refractivity contribution in [2.24, 2.45) is 11.1 Å². The van der Waals surface area contributed by atoms with Gasteiger partial charge in [0.2, 0.25) is 11.8 Å². The second-order valence-electron chi connectivity index (χ2n) is 6.38. The normalized spacial score (nSPS) is 13.5. The van der Waals surface area contributed by atoms with Crippen LogP contribution < -0.4 is 16.4 Å². The van der Waals surface area contributed by atoms with Gasteiger partial charge in [0.25, 0.3) is 0 Å². The molecule has 0 spiro atoms. The molecule has 0 aliphatic carbocycles. The van der Waals surface area contributed by atoms with E-state index in [0.29, 0.717) is 5.69 Å². The van der Waals surface area contributed by atoms with Gasteiger partial charge in [-0.25, -0.2) is 0 Å². The largest absolute Gasteiger partial charge is 0.348 e. The lowest BCUT2D eigenvalue weighted by molar-refractivity contribution is -0.125. The zero-order valence-electron chi connectivity index (χ0n) is 13.8. The predicted molar refractivity (Wildman–Crippen MR) is 92.0 cm³/mol. The fourth-order valence-electron chi connectivity index (χ4n) is 1.87. The molecule has 0 bridgehead atoms. The van der Waals surface area contributed by atoms with E-state index in [1.54, 1.807) is 6.07 Å². The smallest absolute Gasteiger partial charge is 0.237 e. The van der Waals surface area contributed by atoms with Crippen molar-refractivity contribution in [2.75, 3.05) is 5.32 Å². The summed E-state index contributed by atoms with van der Waals surface area (Å²) < 4.78 is 0. The Morgan fingerprint density at radius 2 is 1.82 bits per heavy atom. The molecule has 5 nitrogen and oxygen atoms in total. The van der Waals surface area contributed by atoms with Crippen molar-refractivity contribution in [3.8, 4) is 0 Å². The van der Waals surface area contributed by atoms with E-state index >= 15 is 0 Å². The Morgan fingerprint density at radius 1 is 1.23 bits per heavy atom. The Balaban J connectivity index is 0.00000441. The molecule has 124 valence electrons. The van der Waals surface area contributed by atoms with E-state index in [2.05, 4.69) is 10.6 Å². The highest BCUT2D eigenvalue weighted by Crippen LogP contribution is 2.20. The van der Waals surface area contributed by atoms with Crippen LogP contribution in [0.4, 0.5) is 5.69 Å². The minimum Gasteiger partial charge on any atom is -0.348 e. The van der Waals surface area contributed by atoms with Gasteiger partial charge in [0.15, 0.2) is 0 Å². The second kappa shape index (κ2) is 8.15. The molecule has 6 heteroatoms. The highest BCUT2D eigenvalue weighted by Gasteiger charge is 2.28. The molecule has 0 heterocycles. The van der Waals surface area contributed by atoms with Crippen molar-refractivity contribution in [2.45, 2.75) is 46.7 Å². The molecule has 2 atom stereocenters. The molecule has 0 aliphatic heterocycles. The van der Waals surface area contributed by atoms with Crippen LogP contribution in [0.15, 0.2) is 24.3 Å². The van der Waals surface area contributed by atoms with Crippen molar-refractivity contribution in [1.29, 1.82) is 0 Å². The molecule has 0 fully saturated rings. The van der Waals surface area contributed by atoms with Crippen LogP contribution in [-0.2, 0) is 9.59 Å². The van der Waals surface area contributed by atoms with Gasteiger partial charge in [0, 0.05) is 12.6 Å². The van der Waals surface area contributed by atoms with Gasteiger partial charge < -0.3 is 16.4 Å². The molecule has 4 N–H and O–H groups in total. The average molecular weight is 328 g/mol. The van der Waals surface area contributed by atoms with E-state index in [1.165, 1.54) is 6.92 Å². The topological polar surface area (TPSA) is 84.2 Å². The summed E-state index contributed by atoms with van der Waals surface area (Å²) in [6.45, 7) is 9.14. The predicted octanol–water partition coefficient (Wildman–Crippen LogP) is 2.62. The summed E-state index contributed by atoms with van der Waals surface area (Å²) in [5.74, 6) is -0.307. The summed E-state index contributed by atoms with van der Waals surface area (Å²) in [5, 5.41) is 5.63. The fourth-order valence-corrected chi connectivity index (χ4v) is 1.87. The summed E-state index contributed by atoms with van der Waals surface area (Å²) in [7, 11) is 0. The average Bonchev–Trinajstić information content (AvgIpc) is 2.36. The number of hydrogen-bond acceptors (Lipinski definition) is 3. The lowest BCUT2D eigenvalue weighted by Crippen LogP contribution is -2.49. The first kappa shape index (κ1) is 20.4. The highest BCUT2D eigenvalue weighted by molar-refractivity contribution is 5.88. The van der Waals surface area contributed by atoms with Gasteiger partial charge in [-0.2, -0.15) is 0 Å². The number of hydrogen-bond donors (Lipinski definition) is 3. The molecule has 2 amide bonds. The maximum Gasteiger partial charge on any atom is 0.237 e. The van der Waals surface area contributed by atoms with Gasteiger partial charge in [-0.15, -0.1) is 12.4 Å². The van der Waals surface area contributed by atoms with Crippen LogP contribution in [0.2, 0.25) is 0 Å². The molecule has 0 aromatic heterocycles. The number of anilines is 1. The van der Waals surface area contributed by atoms with Crippen LogP contribution in [0, 0.1) is 5.41 Å². The Labute approximate surface area is 138 Å². The Morgan fingerprint density at radius 3 is 2.32 bits per heavy atom. The summed E-state index contributed by atoms with van der Waals surface area (Å²) in [6.07, 6.45) is 0. The first-order valence-electron chi connectivity index (χ1n) is 7.04. The molecule has 0 saturated carbocycles. The molecule has 1 aromatic carbocycles. The number of nitrogens with two attached hydrogens (primary N) is 1. The summed E-state index contributed by atoms with van der Waals surface area (Å²) in [5.41, 5.74) is 7.28. The lowest BCUT2D eigenvalue weighted by Gasteiger charge is -2.27. The molecule has 0 saturated heterocycles. The minimum absolute atomic E-state index is 0. The third-order valence-corrected chi connectivity index (χ3v) is 3.28. The number of nitrogens with one attached hydrogen (secondary N) is 2. The van der Waals surface area contributed by atoms with Crippen LogP contribution in [0.25, 0.3) is 0 Å². The van der Waals surface area contributed by atoms with Crippen molar-refractivity contribution >= 4 is 29.9 Å². The summed E-state index contributed by atoms with van der Waals surface area (Å²) >= 11 is 0. The van der Waals surface area contributed by atoms with Crippen LogP contribution >= 0.6 is 12.4 Å². The van der Waals surface area contributed by atoms with E-state index in [1.807, 2.05) is 45.9 Å². The number of benzene rings is 1. The van der Waals surface area contributed by atoms with Crippen LogP contribution in [0.1, 0.15) is 46.2 Å². The van der Waals surface area contributed by atoms with Gasteiger partial charge in [0.1, 0.15) is 0 Å². The SMILES string of the molecule is CC(=O)Nc1cccc(C(C)NC(=O)[C@@H](N)C(C)(C)C)c1.Cl. The summed E-state index contributed by atoms with van der Waals surface area (Å²) in [4.78, 5) is 23.2. The van der Waals surface area contributed by atoms with Crippen LogP contribution in [0.3, 0.4) is 0 Å². The zero-order chi connectivity index (χ0) is 16.2. The van der Waals surface area contributed by atoms with Crippen LogP contribution in [0.5, 0.6) is 0 Å². The Kier molecular flexibility index (Phi) is 7.56. The number of halogens is 1. The lowest BCUT2D eigenvalue weighted by atomic mass is 9.86. The first-order chi connectivity index (χ1) is 9.61. The van der Waals surface area contributed by atoms with E-state index in [0.717, 1.165) is 5.56 Å². The van der Waals surface area contributed by atoms with Crippen molar-refractivity contribution in [3.05, 3.63) is 29.8 Å². The van der Waals surface area contributed by atoms with Gasteiger partial charge in [0.05, 0.1) is 12.1 Å². The second-order valence-corrected chi connectivity index (χ2v) is 6.38. The van der Waals surface area contributed by atoms with E-state index < -0.39 is 6.04 Å². The maximum absolute atomic E-state index is 12.1. The zero-order valence-corrected chi connectivity index (χ0v) is 14.6. The van der Waals surface area contributed by atoms with Crippen molar-refractivity contribution < 1.29 is 9.59 Å². The van der Waals surface area contributed by atoms with Gasteiger partial charge in [-0.1, -0.05) is 32.9 Å². The third-order valence-electron chi connectivity index (χ3n) is 3.28. The minimum atomic E-state index is -0.571.